The van der Waals surface area contributed by atoms with Crippen molar-refractivity contribution in [3.63, 3.8) is 0 Å². The molecular weight excluding hydrogens is 379 g/mol. The minimum atomic E-state index is -0.724. The number of aromatic nitrogens is 1. The smallest absolute Gasteiger partial charge is 0.343 e. The number of unbranched alkanes of at least 4 members (excludes halogenated alkanes) is 3. The molecule has 0 spiro atoms. The molecule has 4 nitrogen and oxygen atoms in total. The quantitative estimate of drug-likeness (QED) is 0.259. The van der Waals surface area contributed by atoms with Crippen molar-refractivity contribution in [3.05, 3.63) is 83.3 Å². The first-order valence-electron chi connectivity index (χ1n) is 10.1. The van der Waals surface area contributed by atoms with E-state index in [1.807, 2.05) is 12.3 Å². The number of esters is 1. The molecule has 0 amide bonds. The molecule has 0 aliphatic heterocycles. The highest BCUT2D eigenvalue weighted by atomic mass is 19.1. The van der Waals surface area contributed by atoms with Crippen molar-refractivity contribution in [2.24, 2.45) is 0 Å². The summed E-state index contributed by atoms with van der Waals surface area (Å²) >= 11 is 0. The lowest BCUT2D eigenvalue weighted by molar-refractivity contribution is 0.0734. The van der Waals surface area contributed by atoms with Gasteiger partial charge in [0.2, 0.25) is 0 Å². The van der Waals surface area contributed by atoms with Gasteiger partial charge in [0.15, 0.2) is 0 Å². The number of carbonyl (C=O) groups is 1. The Bertz CT molecular complexity index is 1040. The van der Waals surface area contributed by atoms with E-state index in [-0.39, 0.29) is 11.3 Å². The second-order valence-corrected chi connectivity index (χ2v) is 7.08. The van der Waals surface area contributed by atoms with Crippen molar-refractivity contribution in [1.29, 1.82) is 5.26 Å². The van der Waals surface area contributed by atoms with Crippen molar-refractivity contribution < 1.29 is 13.9 Å². The monoisotopic (exact) mass is 402 g/mol. The van der Waals surface area contributed by atoms with Gasteiger partial charge in [-0.1, -0.05) is 44.4 Å². The topological polar surface area (TPSA) is 63.0 Å². The van der Waals surface area contributed by atoms with Crippen LogP contribution < -0.4 is 4.74 Å². The lowest BCUT2D eigenvalue weighted by Crippen LogP contribution is -2.08. The maximum Gasteiger partial charge on any atom is 0.343 e. The first kappa shape index (κ1) is 21.2. The van der Waals surface area contributed by atoms with Crippen molar-refractivity contribution in [1.82, 2.24) is 4.98 Å². The highest BCUT2D eigenvalue weighted by Gasteiger charge is 2.11. The number of pyridine rings is 1. The zero-order valence-corrected chi connectivity index (χ0v) is 16.9. The van der Waals surface area contributed by atoms with Gasteiger partial charge in [-0.3, -0.25) is 4.98 Å². The Morgan fingerprint density at radius 2 is 1.87 bits per heavy atom. The second-order valence-electron chi connectivity index (χ2n) is 7.08. The number of ether oxygens (including phenoxy) is 1. The van der Waals surface area contributed by atoms with Gasteiger partial charge in [0, 0.05) is 17.8 Å². The molecule has 0 atom stereocenters. The maximum absolute atomic E-state index is 13.7. The van der Waals surface area contributed by atoms with E-state index in [1.165, 1.54) is 43.4 Å². The maximum atomic E-state index is 13.7. The number of hydrogen-bond acceptors (Lipinski definition) is 4. The summed E-state index contributed by atoms with van der Waals surface area (Å²) in [5.41, 5.74) is 3.20. The first-order chi connectivity index (χ1) is 14.6. The van der Waals surface area contributed by atoms with Crippen LogP contribution >= 0.6 is 0 Å². The summed E-state index contributed by atoms with van der Waals surface area (Å²) in [6.07, 6.45) is 7.85. The van der Waals surface area contributed by atoms with Gasteiger partial charge in [0.05, 0.1) is 16.8 Å². The van der Waals surface area contributed by atoms with E-state index in [2.05, 4.69) is 18.0 Å². The Labute approximate surface area is 176 Å². The summed E-state index contributed by atoms with van der Waals surface area (Å²) in [6.45, 7) is 2.20. The van der Waals surface area contributed by atoms with Crippen molar-refractivity contribution in [2.75, 3.05) is 0 Å². The van der Waals surface area contributed by atoms with E-state index >= 15 is 0 Å². The molecule has 1 heterocycles. The molecule has 2 aromatic carbocycles. The summed E-state index contributed by atoms with van der Waals surface area (Å²) in [5.74, 6) is -1.27. The van der Waals surface area contributed by atoms with Crippen LogP contribution in [0.25, 0.3) is 11.3 Å². The van der Waals surface area contributed by atoms with Gasteiger partial charge in [0.1, 0.15) is 17.6 Å². The Kier molecular flexibility index (Phi) is 7.29. The Hall–Kier alpha value is -3.52. The Morgan fingerprint density at radius 3 is 2.50 bits per heavy atom. The Balaban J connectivity index is 1.62. The van der Waals surface area contributed by atoms with Crippen LogP contribution in [0.2, 0.25) is 0 Å². The van der Waals surface area contributed by atoms with Crippen LogP contribution in [0.4, 0.5) is 4.39 Å². The highest BCUT2D eigenvalue weighted by Crippen LogP contribution is 2.21. The van der Waals surface area contributed by atoms with Gasteiger partial charge in [-0.05, 0) is 48.7 Å². The van der Waals surface area contributed by atoms with Crippen molar-refractivity contribution in [2.45, 2.75) is 39.0 Å². The van der Waals surface area contributed by atoms with Gasteiger partial charge in [0.25, 0.3) is 0 Å². The molecule has 0 aliphatic carbocycles. The molecule has 3 aromatic rings. The summed E-state index contributed by atoms with van der Waals surface area (Å²) in [7, 11) is 0. The molecule has 0 aliphatic rings. The van der Waals surface area contributed by atoms with Crippen LogP contribution in [0.5, 0.6) is 5.75 Å². The number of hydrogen-bond donors (Lipinski definition) is 0. The molecule has 152 valence electrons. The largest absolute Gasteiger partial charge is 0.423 e. The number of halogens is 1. The highest BCUT2D eigenvalue weighted by molar-refractivity contribution is 5.91. The number of nitrogens with zero attached hydrogens (tertiary/aromatic N) is 2. The zero-order valence-electron chi connectivity index (χ0n) is 16.9. The second kappa shape index (κ2) is 10.3. The predicted molar refractivity (Wildman–Crippen MR) is 114 cm³/mol. The average molecular weight is 402 g/mol. The molecule has 0 bridgehead atoms. The fourth-order valence-electron chi connectivity index (χ4n) is 3.09. The summed E-state index contributed by atoms with van der Waals surface area (Å²) in [4.78, 5) is 16.8. The third kappa shape index (κ3) is 5.51. The van der Waals surface area contributed by atoms with Crippen LogP contribution in [-0.2, 0) is 6.42 Å². The lowest BCUT2D eigenvalue weighted by Gasteiger charge is -2.07. The summed E-state index contributed by atoms with van der Waals surface area (Å²) < 4.78 is 18.8. The van der Waals surface area contributed by atoms with E-state index in [1.54, 1.807) is 30.3 Å². The molecule has 0 saturated carbocycles. The first-order valence-corrected chi connectivity index (χ1v) is 10.1. The Morgan fingerprint density at radius 1 is 1.07 bits per heavy atom. The molecule has 0 N–H and O–H groups in total. The van der Waals surface area contributed by atoms with Gasteiger partial charge >= 0.3 is 5.97 Å². The fourth-order valence-corrected chi connectivity index (χ4v) is 3.09. The molecule has 5 heteroatoms. The molecular formula is C25H23FN2O2. The number of rotatable bonds is 8. The predicted octanol–water partition coefficient (Wildman–Crippen LogP) is 6.10. The van der Waals surface area contributed by atoms with Gasteiger partial charge in [-0.25, -0.2) is 9.18 Å². The van der Waals surface area contributed by atoms with E-state index in [0.29, 0.717) is 5.56 Å². The SMILES string of the molecule is CCCCCCc1ccc(-c2ccc(C(=O)Oc3ccc(C#N)c(F)c3)cc2)nc1. The zero-order chi connectivity index (χ0) is 21.3. The van der Waals surface area contributed by atoms with Gasteiger partial charge < -0.3 is 4.74 Å². The van der Waals surface area contributed by atoms with E-state index in [9.17, 15) is 9.18 Å². The van der Waals surface area contributed by atoms with Crippen LogP contribution in [0.3, 0.4) is 0 Å². The molecule has 3 rings (SSSR count). The molecule has 0 saturated heterocycles. The molecule has 30 heavy (non-hydrogen) atoms. The molecule has 0 radical (unpaired) electrons. The van der Waals surface area contributed by atoms with Crippen LogP contribution in [0.15, 0.2) is 60.8 Å². The molecule has 1 aromatic heterocycles. The van der Waals surface area contributed by atoms with E-state index < -0.39 is 11.8 Å². The average Bonchev–Trinajstić information content (AvgIpc) is 2.77. The number of benzene rings is 2. The molecule has 0 unspecified atom stereocenters. The normalized spacial score (nSPS) is 10.4. The minimum absolute atomic E-state index is 0.0526. The summed E-state index contributed by atoms with van der Waals surface area (Å²) in [6, 6.07) is 16.4. The number of aryl methyl sites for hydroxylation is 1. The van der Waals surface area contributed by atoms with Crippen LogP contribution in [-0.4, -0.2) is 11.0 Å². The van der Waals surface area contributed by atoms with Crippen molar-refractivity contribution in [3.8, 4) is 23.1 Å². The third-order valence-corrected chi connectivity index (χ3v) is 4.83. The standard InChI is InChI=1S/C25H23FN2O2/c1-2-3-4-5-6-18-7-14-24(28-17-18)19-8-10-20(11-9-19)25(29)30-22-13-12-21(16-27)23(26)15-22/h7-15,17H,2-6H2,1H3. The van der Waals surface area contributed by atoms with Gasteiger partial charge in [-0.15, -0.1) is 0 Å². The van der Waals surface area contributed by atoms with Gasteiger partial charge in [-0.2, -0.15) is 5.26 Å². The minimum Gasteiger partial charge on any atom is -0.423 e. The molecule has 0 fully saturated rings. The van der Waals surface area contributed by atoms with Crippen molar-refractivity contribution >= 4 is 5.97 Å². The fraction of sp³-hybridized carbons (Fsp3) is 0.240. The third-order valence-electron chi connectivity index (χ3n) is 4.83. The van der Waals surface area contributed by atoms with Crippen LogP contribution in [0.1, 0.15) is 54.1 Å². The van der Waals surface area contributed by atoms with E-state index in [0.717, 1.165) is 23.7 Å². The van der Waals surface area contributed by atoms with Crippen LogP contribution in [0, 0.1) is 17.1 Å². The van der Waals surface area contributed by atoms with E-state index in [4.69, 9.17) is 10.00 Å². The number of carbonyl (C=O) groups excluding carboxylic acids is 1. The number of nitriles is 1. The lowest BCUT2D eigenvalue weighted by atomic mass is 10.1. The summed E-state index contributed by atoms with van der Waals surface area (Å²) in [5, 5.41) is 8.76.